The van der Waals surface area contributed by atoms with Gasteiger partial charge in [-0.25, -0.2) is 14.4 Å². The molecule has 0 saturated carbocycles. The summed E-state index contributed by atoms with van der Waals surface area (Å²) in [5, 5.41) is 0.737. The van der Waals surface area contributed by atoms with Crippen LogP contribution in [0.3, 0.4) is 0 Å². The second-order valence-corrected chi connectivity index (χ2v) is 2.65. The van der Waals surface area contributed by atoms with Crippen LogP contribution in [-0.2, 0) is 0 Å². The summed E-state index contributed by atoms with van der Waals surface area (Å²) in [6, 6.07) is 5.08. The molecule has 0 unspecified atom stereocenters. The minimum Gasteiger partial charge on any atom is -0.234 e. The van der Waals surface area contributed by atoms with E-state index in [4.69, 9.17) is 0 Å². The zero-order valence-corrected chi connectivity index (χ0v) is 12.7. The Morgan fingerprint density at radius 3 is 2.53 bits per heavy atom. The molecule has 1 radical (unpaired) electrons. The monoisotopic (exact) mass is 231 g/mol. The van der Waals surface area contributed by atoms with Crippen molar-refractivity contribution in [3.05, 3.63) is 35.9 Å². The summed E-state index contributed by atoms with van der Waals surface area (Å²) in [7, 11) is 0. The fraction of sp³-hybridized carbons (Fsp3) is 0.273. The molecule has 2 rings (SSSR count). The Bertz CT molecular complexity index is 391. The van der Waals surface area contributed by atoms with Crippen molar-refractivity contribution in [2.75, 3.05) is 0 Å². The Balaban J connectivity index is 0.000000617. The van der Waals surface area contributed by atoms with Crippen LogP contribution >= 0.6 is 0 Å². The van der Waals surface area contributed by atoms with Crippen molar-refractivity contribution < 1.29 is 4.39 Å². The molecule has 0 saturated heterocycles. The van der Waals surface area contributed by atoms with Crippen LogP contribution in [0.5, 0.6) is 0 Å². The van der Waals surface area contributed by atoms with E-state index in [0.29, 0.717) is 5.65 Å². The van der Waals surface area contributed by atoms with Crippen LogP contribution in [0.15, 0.2) is 24.4 Å². The van der Waals surface area contributed by atoms with Gasteiger partial charge in [-0.1, -0.05) is 13.8 Å². The molecule has 0 fully saturated rings. The molecule has 4 heteroatoms. The molecule has 0 bridgehead atoms. The number of halogens is 1. The first kappa shape index (κ1) is 15.1. The van der Waals surface area contributed by atoms with E-state index < -0.39 is 0 Å². The first-order valence-electron chi connectivity index (χ1n) is 4.64. The maximum absolute atomic E-state index is 12.6. The van der Waals surface area contributed by atoms with Gasteiger partial charge in [-0.3, -0.25) is 0 Å². The third-order valence-corrected chi connectivity index (χ3v) is 1.65. The third kappa shape index (κ3) is 4.24. The van der Waals surface area contributed by atoms with Crippen molar-refractivity contribution >= 4 is 62.4 Å². The molecule has 0 aromatic carbocycles. The van der Waals surface area contributed by atoms with E-state index in [0.717, 1.165) is 11.1 Å². The molecule has 0 amide bonds. The van der Waals surface area contributed by atoms with Crippen molar-refractivity contribution in [2.45, 2.75) is 20.8 Å². The summed E-state index contributed by atoms with van der Waals surface area (Å²) in [5.41, 5.74) is 1.48. The van der Waals surface area contributed by atoms with Gasteiger partial charge in [0, 0.05) is 62.5 Å². The van der Waals surface area contributed by atoms with E-state index in [1.165, 1.54) is 12.3 Å². The molecule has 2 aromatic heterocycles. The first-order chi connectivity index (χ1) is 6.75. The van der Waals surface area contributed by atoms with Crippen LogP contribution in [-0.4, -0.2) is 61.4 Å². The van der Waals surface area contributed by atoms with Gasteiger partial charge >= 0.3 is 0 Å². The number of hydrogen-bond donors (Lipinski definition) is 0. The van der Waals surface area contributed by atoms with E-state index in [9.17, 15) is 4.39 Å². The molecule has 0 N–H and O–H groups in total. The summed E-state index contributed by atoms with van der Waals surface area (Å²) in [5.74, 6) is -0.326. The van der Waals surface area contributed by atoms with Crippen molar-refractivity contribution in [3.63, 3.8) is 0 Å². The van der Waals surface area contributed by atoms with Crippen LogP contribution in [0, 0.1) is 12.7 Å². The molecular formula is C11H13FKN2. The number of aryl methyl sites for hydroxylation is 1. The molecule has 0 aliphatic rings. The van der Waals surface area contributed by atoms with Crippen molar-refractivity contribution in [1.82, 2.24) is 9.97 Å². The number of rotatable bonds is 0. The maximum Gasteiger partial charge on any atom is 0.159 e. The van der Waals surface area contributed by atoms with E-state index in [1.807, 2.05) is 32.9 Å². The fourth-order valence-electron chi connectivity index (χ4n) is 1.08. The number of nitrogens with zero attached hydrogens (tertiary/aromatic N) is 2. The van der Waals surface area contributed by atoms with E-state index in [1.54, 1.807) is 0 Å². The number of aromatic nitrogens is 2. The maximum atomic E-state index is 12.6. The number of hydrogen-bond acceptors (Lipinski definition) is 2. The molecule has 2 nitrogen and oxygen atoms in total. The summed E-state index contributed by atoms with van der Waals surface area (Å²) < 4.78 is 12.6. The Kier molecular flexibility index (Phi) is 7.47. The Labute approximate surface area is 132 Å². The average molecular weight is 231 g/mol. The predicted octanol–water partition coefficient (Wildman–Crippen LogP) is 2.72. The zero-order chi connectivity index (χ0) is 10.6. The SMILES string of the molecule is CC.Cc1ccc2cc(F)cnc2n1.[K]. The van der Waals surface area contributed by atoms with E-state index in [-0.39, 0.29) is 57.2 Å². The van der Waals surface area contributed by atoms with Gasteiger partial charge < -0.3 is 0 Å². The molecule has 75 valence electrons. The first-order valence-corrected chi connectivity index (χ1v) is 4.64. The smallest absolute Gasteiger partial charge is 0.159 e. The van der Waals surface area contributed by atoms with E-state index in [2.05, 4.69) is 9.97 Å². The van der Waals surface area contributed by atoms with Gasteiger partial charge in [0.1, 0.15) is 5.82 Å². The minimum atomic E-state index is -0.326. The number of fused-ring (bicyclic) bond motifs is 1. The van der Waals surface area contributed by atoms with Crippen LogP contribution < -0.4 is 0 Å². The normalized spacial score (nSPS) is 8.80. The molecule has 0 atom stereocenters. The van der Waals surface area contributed by atoms with Gasteiger partial charge in [-0.2, -0.15) is 0 Å². The van der Waals surface area contributed by atoms with Gasteiger partial charge in [0.2, 0.25) is 0 Å². The van der Waals surface area contributed by atoms with Crippen LogP contribution in [0.2, 0.25) is 0 Å². The topological polar surface area (TPSA) is 25.8 Å². The van der Waals surface area contributed by atoms with Crippen LogP contribution in [0.1, 0.15) is 19.5 Å². The van der Waals surface area contributed by atoms with Crippen molar-refractivity contribution in [2.24, 2.45) is 0 Å². The Hall–Kier alpha value is 0.126. The summed E-state index contributed by atoms with van der Waals surface area (Å²) >= 11 is 0. The van der Waals surface area contributed by atoms with Gasteiger partial charge in [0.25, 0.3) is 0 Å². The van der Waals surface area contributed by atoms with Gasteiger partial charge in [-0.15, -0.1) is 0 Å². The fourth-order valence-corrected chi connectivity index (χ4v) is 1.08. The standard InChI is InChI=1S/C9H7FN2.C2H6.K/c1-6-2-3-7-4-8(10)5-11-9(7)12-6;1-2;/h2-5H,1H3;1-2H3;. The number of pyridine rings is 2. The van der Waals surface area contributed by atoms with Crippen molar-refractivity contribution in [3.8, 4) is 0 Å². The van der Waals surface area contributed by atoms with Crippen LogP contribution in [0.4, 0.5) is 4.39 Å². The van der Waals surface area contributed by atoms with Crippen LogP contribution in [0.25, 0.3) is 11.0 Å². The minimum absolute atomic E-state index is 0. The summed E-state index contributed by atoms with van der Waals surface area (Å²) in [4.78, 5) is 7.99. The third-order valence-electron chi connectivity index (χ3n) is 1.65. The molecular weight excluding hydrogens is 218 g/mol. The summed E-state index contributed by atoms with van der Waals surface area (Å²) in [6.45, 7) is 5.88. The van der Waals surface area contributed by atoms with Gasteiger partial charge in [0.15, 0.2) is 5.65 Å². The molecule has 0 aliphatic carbocycles. The predicted molar refractivity (Wildman–Crippen MR) is 61.3 cm³/mol. The molecule has 15 heavy (non-hydrogen) atoms. The zero-order valence-electron chi connectivity index (χ0n) is 9.58. The second-order valence-electron chi connectivity index (χ2n) is 2.65. The molecule has 2 heterocycles. The van der Waals surface area contributed by atoms with E-state index >= 15 is 0 Å². The molecule has 0 spiro atoms. The van der Waals surface area contributed by atoms with Gasteiger partial charge in [0.05, 0.1) is 6.20 Å². The Morgan fingerprint density at radius 2 is 1.87 bits per heavy atom. The Morgan fingerprint density at radius 1 is 1.20 bits per heavy atom. The largest absolute Gasteiger partial charge is 0.234 e. The molecule has 0 aliphatic heterocycles. The average Bonchev–Trinajstić information content (AvgIpc) is 2.21. The molecule has 2 aromatic rings. The van der Waals surface area contributed by atoms with Crippen molar-refractivity contribution in [1.29, 1.82) is 0 Å². The quantitative estimate of drug-likeness (QED) is 0.651. The second kappa shape index (κ2) is 7.41. The van der Waals surface area contributed by atoms with Gasteiger partial charge in [-0.05, 0) is 25.1 Å². The summed E-state index contributed by atoms with van der Waals surface area (Å²) in [6.07, 6.45) is 1.18.